The van der Waals surface area contributed by atoms with E-state index in [1.165, 1.54) is 0 Å². The van der Waals surface area contributed by atoms with Gasteiger partial charge in [0.05, 0.1) is 5.60 Å². The van der Waals surface area contributed by atoms with Crippen molar-refractivity contribution in [1.82, 2.24) is 0 Å². The summed E-state index contributed by atoms with van der Waals surface area (Å²) >= 11 is 0. The molecule has 0 aliphatic rings. The molecule has 0 aliphatic carbocycles. The van der Waals surface area contributed by atoms with Crippen LogP contribution in [0, 0.1) is 0 Å². The Morgan fingerprint density at radius 2 is 2.12 bits per heavy atom. The summed E-state index contributed by atoms with van der Waals surface area (Å²) in [4.78, 5) is 9.66. The van der Waals surface area contributed by atoms with E-state index in [1.807, 2.05) is 0 Å². The zero-order valence-electron chi connectivity index (χ0n) is 6.64. The molecule has 0 fully saturated rings. The number of aldehydes is 1. The summed E-state index contributed by atoms with van der Waals surface area (Å²) in [6.45, 7) is 3.20. The maximum Gasteiger partial charge on any atom is 1.00 e. The molecule has 2 nitrogen and oxygen atoms in total. The van der Waals surface area contributed by atoms with Crippen LogP contribution in [0.4, 0.5) is 0 Å². The minimum absolute atomic E-state index is 0. The molecule has 0 spiro atoms. The van der Waals surface area contributed by atoms with Crippen LogP contribution in [0.15, 0.2) is 0 Å². The van der Waals surface area contributed by atoms with Crippen LogP contribution >= 0.6 is 0 Å². The molecule has 3 heteroatoms. The number of hydrogen-bond donors (Lipinski definition) is 1. The average molecular weight is 126 g/mol. The molecule has 0 saturated carbocycles. The Labute approximate surface area is 73.1 Å². The van der Waals surface area contributed by atoms with Crippen LogP contribution in [-0.4, -0.2) is 17.0 Å². The SMILES string of the molecule is CC(C)(O)CC=O.[H-].[Na+]. The predicted molar refractivity (Wildman–Crippen MR) is 28.1 cm³/mol. The zero-order chi connectivity index (χ0) is 5.91. The fourth-order valence-corrected chi connectivity index (χ4v) is 0.204. The second-order valence-corrected chi connectivity index (χ2v) is 2.18. The molecule has 8 heavy (non-hydrogen) atoms. The standard InChI is InChI=1S/C5H10O2.Na.H/c1-5(2,7)3-4-6;;/h4,7H,3H2,1-2H3;;/q;+1;-1. The zero-order valence-corrected chi connectivity index (χ0v) is 7.64. The van der Waals surface area contributed by atoms with Gasteiger partial charge in [-0.25, -0.2) is 0 Å². The monoisotopic (exact) mass is 126 g/mol. The van der Waals surface area contributed by atoms with Crippen molar-refractivity contribution in [2.75, 3.05) is 0 Å². The van der Waals surface area contributed by atoms with Gasteiger partial charge in [0.2, 0.25) is 0 Å². The average Bonchev–Trinajstić information content (AvgIpc) is 1.30. The van der Waals surface area contributed by atoms with E-state index in [1.54, 1.807) is 13.8 Å². The second-order valence-electron chi connectivity index (χ2n) is 2.18. The van der Waals surface area contributed by atoms with Gasteiger partial charge in [0.15, 0.2) is 0 Å². The maximum atomic E-state index is 9.66. The van der Waals surface area contributed by atoms with E-state index in [-0.39, 0.29) is 37.4 Å². The fraction of sp³-hybridized carbons (Fsp3) is 0.800. The van der Waals surface area contributed by atoms with Crippen LogP contribution in [0.25, 0.3) is 0 Å². The molecule has 0 atom stereocenters. The Balaban J connectivity index is -0.000000180. The molecule has 0 heterocycles. The van der Waals surface area contributed by atoms with Crippen LogP contribution in [0.3, 0.4) is 0 Å². The molecule has 0 aliphatic heterocycles. The van der Waals surface area contributed by atoms with Crippen LogP contribution < -0.4 is 29.6 Å². The summed E-state index contributed by atoms with van der Waals surface area (Å²) in [7, 11) is 0. The Morgan fingerprint density at radius 1 is 1.75 bits per heavy atom. The Hall–Kier alpha value is 0.630. The van der Waals surface area contributed by atoms with Gasteiger partial charge >= 0.3 is 29.6 Å². The molecule has 0 aromatic rings. The van der Waals surface area contributed by atoms with Crippen LogP contribution in [0.1, 0.15) is 21.7 Å². The predicted octanol–water partition coefficient (Wildman–Crippen LogP) is -2.54. The maximum absolute atomic E-state index is 9.66. The van der Waals surface area contributed by atoms with Crippen molar-refractivity contribution in [3.63, 3.8) is 0 Å². The van der Waals surface area contributed by atoms with E-state index in [0.29, 0.717) is 6.29 Å². The third-order valence-electron chi connectivity index (χ3n) is 0.583. The fourth-order valence-electron chi connectivity index (χ4n) is 0.204. The van der Waals surface area contributed by atoms with E-state index in [4.69, 9.17) is 5.11 Å². The summed E-state index contributed by atoms with van der Waals surface area (Å²) in [6.07, 6.45) is 0.924. The van der Waals surface area contributed by atoms with Crippen LogP contribution in [-0.2, 0) is 4.79 Å². The van der Waals surface area contributed by atoms with Gasteiger partial charge in [-0.05, 0) is 13.8 Å². The molecule has 0 aromatic heterocycles. The first-order valence-electron chi connectivity index (χ1n) is 2.22. The summed E-state index contributed by atoms with van der Waals surface area (Å²) < 4.78 is 0. The molecule has 0 bridgehead atoms. The number of aliphatic hydroxyl groups is 1. The topological polar surface area (TPSA) is 37.3 Å². The first-order chi connectivity index (χ1) is 3.06. The Kier molecular flexibility index (Phi) is 6.43. The molecule has 0 radical (unpaired) electrons. The van der Waals surface area contributed by atoms with Crippen molar-refractivity contribution in [3.8, 4) is 0 Å². The molecule has 44 valence electrons. The van der Waals surface area contributed by atoms with Crippen molar-refractivity contribution < 1.29 is 40.9 Å². The molecule has 1 N–H and O–H groups in total. The van der Waals surface area contributed by atoms with Gasteiger partial charge in [0.1, 0.15) is 6.29 Å². The summed E-state index contributed by atoms with van der Waals surface area (Å²) in [6, 6.07) is 0. The van der Waals surface area contributed by atoms with Gasteiger partial charge in [0, 0.05) is 6.42 Å². The van der Waals surface area contributed by atoms with Gasteiger partial charge in [-0.2, -0.15) is 0 Å². The second kappa shape index (κ2) is 4.50. The first kappa shape index (κ1) is 11.4. The largest absolute Gasteiger partial charge is 1.00 e. The minimum atomic E-state index is -0.818. The third kappa shape index (κ3) is 9.80. The van der Waals surface area contributed by atoms with Gasteiger partial charge in [-0.15, -0.1) is 0 Å². The molecular formula is C5H11NaO2. The van der Waals surface area contributed by atoms with Crippen molar-refractivity contribution >= 4 is 6.29 Å². The van der Waals surface area contributed by atoms with Crippen molar-refractivity contribution in [3.05, 3.63) is 0 Å². The number of carbonyl (C=O) groups excluding carboxylic acids is 1. The van der Waals surface area contributed by atoms with E-state index in [0.717, 1.165) is 0 Å². The summed E-state index contributed by atoms with van der Waals surface area (Å²) in [5.74, 6) is 0. The minimum Gasteiger partial charge on any atom is -1.00 e. The van der Waals surface area contributed by atoms with Crippen molar-refractivity contribution in [1.29, 1.82) is 0 Å². The van der Waals surface area contributed by atoms with Crippen molar-refractivity contribution in [2.45, 2.75) is 25.9 Å². The van der Waals surface area contributed by atoms with Gasteiger partial charge in [-0.3, -0.25) is 0 Å². The molecule has 0 aromatic carbocycles. The smallest absolute Gasteiger partial charge is 1.00 e. The van der Waals surface area contributed by atoms with Gasteiger partial charge in [-0.1, -0.05) is 0 Å². The molecule has 0 saturated heterocycles. The normalized spacial score (nSPS) is 9.88. The first-order valence-corrected chi connectivity index (χ1v) is 2.22. The van der Waals surface area contributed by atoms with Crippen LogP contribution in [0.5, 0.6) is 0 Å². The molecule has 0 amide bonds. The van der Waals surface area contributed by atoms with Gasteiger partial charge in [0.25, 0.3) is 0 Å². The molecule has 0 unspecified atom stereocenters. The van der Waals surface area contributed by atoms with E-state index < -0.39 is 5.60 Å². The molecular weight excluding hydrogens is 115 g/mol. The Morgan fingerprint density at radius 3 is 2.12 bits per heavy atom. The third-order valence-corrected chi connectivity index (χ3v) is 0.583. The Bertz CT molecular complexity index is 69.8. The van der Waals surface area contributed by atoms with E-state index in [9.17, 15) is 4.79 Å². The summed E-state index contributed by atoms with van der Waals surface area (Å²) in [5.41, 5.74) is -0.818. The molecule has 0 rings (SSSR count). The number of hydrogen-bond acceptors (Lipinski definition) is 2. The number of rotatable bonds is 2. The van der Waals surface area contributed by atoms with Crippen LogP contribution in [0.2, 0.25) is 0 Å². The summed E-state index contributed by atoms with van der Waals surface area (Å²) in [5, 5.41) is 8.79. The van der Waals surface area contributed by atoms with E-state index >= 15 is 0 Å². The quantitative estimate of drug-likeness (QED) is 0.327. The number of carbonyl (C=O) groups is 1. The van der Waals surface area contributed by atoms with E-state index in [2.05, 4.69) is 0 Å². The van der Waals surface area contributed by atoms with Gasteiger partial charge < -0.3 is 11.3 Å². The van der Waals surface area contributed by atoms with Crippen molar-refractivity contribution in [2.24, 2.45) is 0 Å².